The van der Waals surface area contributed by atoms with Crippen LogP contribution in [0.5, 0.6) is 0 Å². The van der Waals surface area contributed by atoms with Gasteiger partial charge in [0.05, 0.1) is 11.7 Å². The second-order valence-electron chi connectivity index (χ2n) is 4.44. The molecule has 1 aromatic carbocycles. The summed E-state index contributed by atoms with van der Waals surface area (Å²) in [6, 6.07) is 3.98. The minimum atomic E-state index is -1.20. The zero-order valence-electron chi connectivity index (χ0n) is 11.0. The number of anilines is 1. The first kappa shape index (κ1) is 15.9. The molecule has 0 bridgehead atoms. The van der Waals surface area contributed by atoms with Crippen LogP contribution < -0.4 is 11.1 Å². The molecule has 0 fully saturated rings. The highest BCUT2D eigenvalue weighted by Gasteiger charge is 2.19. The molecule has 0 aliphatic heterocycles. The van der Waals surface area contributed by atoms with E-state index >= 15 is 0 Å². The number of carboxylic acid groups (broad SMARTS) is 1. The van der Waals surface area contributed by atoms with E-state index in [1.807, 2.05) is 0 Å². The number of carbonyl (C=O) groups excluding carboxylic acids is 1. The van der Waals surface area contributed by atoms with E-state index in [9.17, 15) is 19.8 Å². The van der Waals surface area contributed by atoms with Gasteiger partial charge < -0.3 is 26.4 Å². The molecule has 20 heavy (non-hydrogen) atoms. The van der Waals surface area contributed by atoms with Gasteiger partial charge in [-0.3, -0.25) is 4.79 Å². The maximum absolute atomic E-state index is 10.8. The summed E-state index contributed by atoms with van der Waals surface area (Å²) in [7, 11) is 0. The van der Waals surface area contributed by atoms with Gasteiger partial charge >= 0.3 is 5.97 Å². The monoisotopic (exact) mass is 282 g/mol. The molecule has 2 unspecified atom stereocenters. The number of benzene rings is 1. The topological polar surface area (TPSA) is 133 Å². The van der Waals surface area contributed by atoms with Crippen molar-refractivity contribution in [1.82, 2.24) is 5.32 Å². The molecule has 0 radical (unpaired) electrons. The average Bonchev–Trinajstić information content (AvgIpc) is 2.36. The second-order valence-corrected chi connectivity index (χ2v) is 4.44. The number of nitrogens with one attached hydrogen (secondary N) is 1. The van der Waals surface area contributed by atoms with Gasteiger partial charge in [-0.1, -0.05) is 6.07 Å². The standard InChI is InChI=1S/C13H18N2O5/c1-7(16)15-5-4-11(17)12(18)8-2-3-9(13(19)20)10(14)6-8/h2-3,6,11-12,17-18H,4-5,14H2,1H3,(H,15,16)(H,19,20). The van der Waals surface area contributed by atoms with E-state index in [0.29, 0.717) is 5.56 Å². The molecule has 0 heterocycles. The number of nitrogens with two attached hydrogens (primary N) is 1. The fraction of sp³-hybridized carbons (Fsp3) is 0.385. The molecular weight excluding hydrogens is 264 g/mol. The van der Waals surface area contributed by atoms with Gasteiger partial charge in [-0.25, -0.2) is 4.79 Å². The molecule has 2 atom stereocenters. The lowest BCUT2D eigenvalue weighted by Gasteiger charge is -2.19. The summed E-state index contributed by atoms with van der Waals surface area (Å²) in [4.78, 5) is 21.5. The summed E-state index contributed by atoms with van der Waals surface area (Å²) >= 11 is 0. The van der Waals surface area contributed by atoms with Crippen molar-refractivity contribution in [2.24, 2.45) is 0 Å². The Bertz CT molecular complexity index is 504. The van der Waals surface area contributed by atoms with Crippen LogP contribution in [0.15, 0.2) is 18.2 Å². The SMILES string of the molecule is CC(=O)NCCC(O)C(O)c1ccc(C(=O)O)c(N)c1. The average molecular weight is 282 g/mol. The van der Waals surface area contributed by atoms with Crippen LogP contribution in [0, 0.1) is 0 Å². The maximum atomic E-state index is 10.8. The number of aliphatic hydroxyl groups excluding tert-OH is 2. The highest BCUT2D eigenvalue weighted by atomic mass is 16.4. The normalized spacial score (nSPS) is 13.6. The highest BCUT2D eigenvalue weighted by molar-refractivity contribution is 5.93. The Morgan fingerprint density at radius 1 is 1.35 bits per heavy atom. The number of carboxylic acids is 1. The molecule has 7 heteroatoms. The molecule has 1 amide bonds. The molecule has 0 aromatic heterocycles. The molecule has 1 aromatic rings. The smallest absolute Gasteiger partial charge is 0.337 e. The van der Waals surface area contributed by atoms with Gasteiger partial charge in [0.1, 0.15) is 6.10 Å². The number of amides is 1. The Morgan fingerprint density at radius 3 is 2.50 bits per heavy atom. The quantitative estimate of drug-likeness (QED) is 0.462. The number of aliphatic hydroxyl groups is 2. The van der Waals surface area contributed by atoms with Crippen molar-refractivity contribution in [1.29, 1.82) is 0 Å². The molecule has 6 N–H and O–H groups in total. The summed E-state index contributed by atoms with van der Waals surface area (Å²) in [5, 5.41) is 31.1. The summed E-state index contributed by atoms with van der Waals surface area (Å²) in [6.07, 6.45) is -2.12. The minimum absolute atomic E-state index is 0.0168. The zero-order chi connectivity index (χ0) is 15.3. The molecular formula is C13H18N2O5. The largest absolute Gasteiger partial charge is 0.478 e. The number of hydrogen-bond donors (Lipinski definition) is 5. The predicted molar refractivity (Wildman–Crippen MR) is 72.1 cm³/mol. The van der Waals surface area contributed by atoms with Crippen LogP contribution in [0.25, 0.3) is 0 Å². The van der Waals surface area contributed by atoms with Gasteiger partial charge in [0, 0.05) is 19.2 Å². The molecule has 0 aliphatic rings. The van der Waals surface area contributed by atoms with E-state index in [1.54, 1.807) is 0 Å². The zero-order valence-corrected chi connectivity index (χ0v) is 11.0. The fourth-order valence-electron chi connectivity index (χ4n) is 1.74. The summed E-state index contributed by atoms with van der Waals surface area (Å²) in [5.41, 5.74) is 5.85. The Kier molecular flexibility index (Phi) is 5.48. The Hall–Kier alpha value is -2.12. The Morgan fingerprint density at radius 2 is 2.00 bits per heavy atom. The second kappa shape index (κ2) is 6.88. The minimum Gasteiger partial charge on any atom is -0.478 e. The van der Waals surface area contributed by atoms with E-state index in [-0.39, 0.29) is 30.1 Å². The van der Waals surface area contributed by atoms with Crippen LogP contribution in [0.1, 0.15) is 35.4 Å². The summed E-state index contributed by atoms with van der Waals surface area (Å²) in [6.45, 7) is 1.59. The van der Waals surface area contributed by atoms with Crippen molar-refractivity contribution >= 4 is 17.6 Å². The molecule has 1 rings (SSSR count). The predicted octanol–water partition coefficient (Wildman–Crippen LogP) is -0.112. The Labute approximate surface area is 116 Å². The van der Waals surface area contributed by atoms with Crippen LogP contribution in [0.2, 0.25) is 0 Å². The van der Waals surface area contributed by atoms with E-state index in [2.05, 4.69) is 5.32 Å². The van der Waals surface area contributed by atoms with Crippen LogP contribution in [0.3, 0.4) is 0 Å². The van der Waals surface area contributed by atoms with Crippen LogP contribution in [0.4, 0.5) is 5.69 Å². The first-order valence-corrected chi connectivity index (χ1v) is 6.06. The third-order valence-corrected chi connectivity index (χ3v) is 2.83. The molecule has 7 nitrogen and oxygen atoms in total. The molecule has 0 spiro atoms. The third-order valence-electron chi connectivity index (χ3n) is 2.83. The third kappa shape index (κ3) is 4.22. The highest BCUT2D eigenvalue weighted by Crippen LogP contribution is 2.23. The first-order valence-electron chi connectivity index (χ1n) is 6.06. The maximum Gasteiger partial charge on any atom is 0.337 e. The fourth-order valence-corrected chi connectivity index (χ4v) is 1.74. The van der Waals surface area contributed by atoms with Crippen molar-refractivity contribution in [3.8, 4) is 0 Å². The number of rotatable bonds is 6. The Balaban J connectivity index is 2.71. The van der Waals surface area contributed by atoms with Crippen molar-refractivity contribution < 1.29 is 24.9 Å². The van der Waals surface area contributed by atoms with E-state index in [1.165, 1.54) is 25.1 Å². The lowest BCUT2D eigenvalue weighted by Crippen LogP contribution is -2.27. The number of aromatic carboxylic acids is 1. The number of hydrogen-bond acceptors (Lipinski definition) is 5. The van der Waals surface area contributed by atoms with Gasteiger partial charge in [-0.05, 0) is 24.1 Å². The van der Waals surface area contributed by atoms with E-state index in [4.69, 9.17) is 10.8 Å². The van der Waals surface area contributed by atoms with Crippen LogP contribution in [-0.2, 0) is 4.79 Å². The van der Waals surface area contributed by atoms with Crippen molar-refractivity contribution in [2.45, 2.75) is 25.6 Å². The number of carbonyl (C=O) groups is 2. The summed E-state index contributed by atoms with van der Waals surface area (Å²) < 4.78 is 0. The summed E-state index contributed by atoms with van der Waals surface area (Å²) in [5.74, 6) is -1.38. The molecule has 0 aliphatic carbocycles. The van der Waals surface area contributed by atoms with Gasteiger partial charge in [-0.2, -0.15) is 0 Å². The van der Waals surface area contributed by atoms with Crippen molar-refractivity contribution in [3.63, 3.8) is 0 Å². The molecule has 0 saturated heterocycles. The van der Waals surface area contributed by atoms with Gasteiger partial charge in [0.25, 0.3) is 0 Å². The lowest BCUT2D eigenvalue weighted by atomic mass is 9.99. The van der Waals surface area contributed by atoms with E-state index < -0.39 is 18.2 Å². The number of nitrogen functional groups attached to an aromatic ring is 1. The van der Waals surface area contributed by atoms with Gasteiger partial charge in [0.15, 0.2) is 0 Å². The first-order chi connectivity index (χ1) is 9.32. The van der Waals surface area contributed by atoms with Crippen LogP contribution >= 0.6 is 0 Å². The van der Waals surface area contributed by atoms with Gasteiger partial charge in [0.2, 0.25) is 5.91 Å². The van der Waals surface area contributed by atoms with Crippen molar-refractivity contribution in [2.75, 3.05) is 12.3 Å². The molecule has 110 valence electrons. The van der Waals surface area contributed by atoms with Gasteiger partial charge in [-0.15, -0.1) is 0 Å². The van der Waals surface area contributed by atoms with Crippen LogP contribution in [-0.4, -0.2) is 39.8 Å². The molecule has 0 saturated carbocycles. The van der Waals surface area contributed by atoms with E-state index in [0.717, 1.165) is 0 Å². The lowest BCUT2D eigenvalue weighted by molar-refractivity contribution is -0.119. The van der Waals surface area contributed by atoms with Crippen molar-refractivity contribution in [3.05, 3.63) is 29.3 Å².